The summed E-state index contributed by atoms with van der Waals surface area (Å²) in [6, 6.07) is 0. The molecule has 0 unspecified atom stereocenters. The summed E-state index contributed by atoms with van der Waals surface area (Å²) in [5.41, 5.74) is 0. The number of hydrogen-bond donors (Lipinski definition) is 0. The summed E-state index contributed by atoms with van der Waals surface area (Å²) < 4.78 is 42.4. The van der Waals surface area contributed by atoms with Gasteiger partial charge in [-0.05, 0) is 0 Å². The molecule has 0 aliphatic heterocycles. The van der Waals surface area contributed by atoms with E-state index in [0.29, 0.717) is 11.9 Å². The molecule has 0 aliphatic rings. The van der Waals surface area contributed by atoms with Gasteiger partial charge < -0.3 is 0 Å². The molecule has 2 nitrogen and oxygen atoms in total. The van der Waals surface area contributed by atoms with Crippen molar-refractivity contribution in [3.8, 4) is 0 Å². The molecular formula is C8H15F3O2Pb. The van der Waals surface area contributed by atoms with Crippen LogP contribution < -0.4 is 0 Å². The Bertz CT molecular complexity index is 191. The third kappa shape index (κ3) is 3.74. The fraction of sp³-hybridized carbons (Fsp3) is 0.875. The van der Waals surface area contributed by atoms with Crippen LogP contribution >= 0.6 is 0 Å². The molecule has 0 bridgehead atoms. The van der Waals surface area contributed by atoms with Crippen LogP contribution in [0.4, 0.5) is 13.2 Å². The van der Waals surface area contributed by atoms with Gasteiger partial charge in [0.05, 0.1) is 0 Å². The number of rotatable bonds is 4. The van der Waals surface area contributed by atoms with Crippen LogP contribution in [0.5, 0.6) is 0 Å². The summed E-state index contributed by atoms with van der Waals surface area (Å²) >= 11 is -3.36. The van der Waals surface area contributed by atoms with E-state index in [1.165, 1.54) is 0 Å². The van der Waals surface area contributed by atoms with Crippen molar-refractivity contribution in [3.05, 3.63) is 0 Å². The van der Waals surface area contributed by atoms with Gasteiger partial charge >= 0.3 is 87.1 Å². The molecule has 0 amide bonds. The number of carbonyl (C=O) groups is 1. The van der Waals surface area contributed by atoms with E-state index in [4.69, 9.17) is 2.69 Å². The Labute approximate surface area is 87.1 Å². The Kier molecular flexibility index (Phi) is 5.39. The van der Waals surface area contributed by atoms with E-state index in [1.54, 1.807) is 20.8 Å². The van der Waals surface area contributed by atoms with Gasteiger partial charge in [0, 0.05) is 0 Å². The molecule has 0 aromatic heterocycles. The van der Waals surface area contributed by atoms with Crippen molar-refractivity contribution in [2.24, 2.45) is 0 Å². The molecule has 0 aromatic carbocycles. The van der Waals surface area contributed by atoms with Crippen molar-refractivity contribution in [2.75, 3.05) is 0 Å². The van der Waals surface area contributed by atoms with Gasteiger partial charge in [-0.15, -0.1) is 0 Å². The van der Waals surface area contributed by atoms with Crippen LogP contribution in [0.1, 0.15) is 20.8 Å². The second-order valence-corrected chi connectivity index (χ2v) is 21.4. The standard InChI is InChI=1S/C2HF3O2.3C2H5.Pb/c3-2(4,5)1(6)7;3*1-2;/h(H,6,7);3*1H2,2H3;/q;;;;+1/p-1. The Morgan fingerprint density at radius 3 is 1.71 bits per heavy atom. The number of carbonyl (C=O) groups excluding carboxylic acids is 1. The molecule has 6 heteroatoms. The van der Waals surface area contributed by atoms with Crippen LogP contribution in [0.2, 0.25) is 11.9 Å². The van der Waals surface area contributed by atoms with E-state index < -0.39 is 33.8 Å². The third-order valence-corrected chi connectivity index (χ3v) is 19.9. The van der Waals surface area contributed by atoms with Gasteiger partial charge in [0.2, 0.25) is 0 Å². The predicted molar refractivity (Wildman–Crippen MR) is 49.3 cm³/mol. The van der Waals surface area contributed by atoms with Crippen molar-refractivity contribution < 1.29 is 20.7 Å². The Morgan fingerprint density at radius 2 is 1.50 bits per heavy atom. The van der Waals surface area contributed by atoms with Gasteiger partial charge in [-0.3, -0.25) is 0 Å². The second kappa shape index (κ2) is 5.32. The van der Waals surface area contributed by atoms with Crippen LogP contribution in [0.3, 0.4) is 0 Å². The van der Waals surface area contributed by atoms with E-state index >= 15 is 0 Å². The fourth-order valence-corrected chi connectivity index (χ4v) is 10.7. The molecule has 0 fully saturated rings. The predicted octanol–water partition coefficient (Wildman–Crippen LogP) is 3.10. The summed E-state index contributed by atoms with van der Waals surface area (Å²) in [5.74, 6) is -2.00. The van der Waals surface area contributed by atoms with Crippen LogP contribution in [-0.2, 0) is 7.48 Å². The van der Waals surface area contributed by atoms with Crippen molar-refractivity contribution >= 4 is 27.6 Å². The zero-order valence-corrected chi connectivity index (χ0v) is 12.5. The van der Waals surface area contributed by atoms with Crippen LogP contribution in [0.15, 0.2) is 0 Å². The maximum atomic E-state index is 11.9. The summed E-state index contributed by atoms with van der Waals surface area (Å²) in [4.78, 5) is 10.7. The van der Waals surface area contributed by atoms with E-state index in [0.717, 1.165) is 0 Å². The Hall–Kier alpha value is 0.182. The summed E-state index contributed by atoms with van der Waals surface area (Å²) in [5, 5.41) is 0. The molecule has 84 valence electrons. The number of halogens is 3. The molecule has 0 rings (SSSR count). The summed E-state index contributed by atoms with van der Waals surface area (Å²) in [6.07, 6.45) is -4.84. The first kappa shape index (κ1) is 14.2. The summed E-state index contributed by atoms with van der Waals surface area (Å²) in [7, 11) is 0. The average Bonchev–Trinajstić information content (AvgIpc) is 2.12. The van der Waals surface area contributed by atoms with Crippen LogP contribution in [-0.4, -0.2) is 33.8 Å². The van der Waals surface area contributed by atoms with Crippen molar-refractivity contribution in [1.82, 2.24) is 0 Å². The molecule has 0 heterocycles. The molecule has 0 aromatic rings. The van der Waals surface area contributed by atoms with Crippen LogP contribution in [0.25, 0.3) is 0 Å². The quantitative estimate of drug-likeness (QED) is 0.670. The first-order valence-electron chi connectivity index (χ1n) is 4.61. The molecule has 0 spiro atoms. The minimum absolute atomic E-state index is 0.613. The van der Waals surface area contributed by atoms with Gasteiger partial charge in [0.15, 0.2) is 0 Å². The second-order valence-electron chi connectivity index (χ2n) is 3.13. The van der Waals surface area contributed by atoms with Crippen molar-refractivity contribution in [1.29, 1.82) is 0 Å². The van der Waals surface area contributed by atoms with Crippen molar-refractivity contribution in [2.45, 2.75) is 38.9 Å². The van der Waals surface area contributed by atoms with Gasteiger partial charge in [-0.2, -0.15) is 0 Å². The maximum absolute atomic E-state index is 11.9. The van der Waals surface area contributed by atoms with Crippen LogP contribution in [0, 0.1) is 0 Å². The fourth-order valence-electron chi connectivity index (χ4n) is 1.22. The van der Waals surface area contributed by atoms with E-state index in [9.17, 15) is 18.0 Å². The monoisotopic (exact) mass is 408 g/mol. The topological polar surface area (TPSA) is 26.3 Å². The first-order valence-corrected chi connectivity index (χ1v) is 14.4. The molecule has 14 heavy (non-hydrogen) atoms. The van der Waals surface area contributed by atoms with Gasteiger partial charge in [-0.25, -0.2) is 0 Å². The third-order valence-electron chi connectivity index (χ3n) is 2.47. The normalized spacial score (nSPS) is 12.7. The van der Waals surface area contributed by atoms with E-state index in [1.807, 2.05) is 0 Å². The zero-order valence-electron chi connectivity index (χ0n) is 8.57. The number of hydrogen-bond acceptors (Lipinski definition) is 2. The van der Waals surface area contributed by atoms with Gasteiger partial charge in [0.25, 0.3) is 0 Å². The van der Waals surface area contributed by atoms with Crippen molar-refractivity contribution in [3.63, 3.8) is 0 Å². The minimum atomic E-state index is -4.84. The average molecular weight is 407 g/mol. The molecule has 0 radical (unpaired) electrons. The SMILES string of the molecule is C[CH2][Pb]([CH2]C)([CH2]C)[O]C(=O)C(F)(F)F. The molecule has 0 aliphatic carbocycles. The summed E-state index contributed by atoms with van der Waals surface area (Å²) in [6.45, 7) is 5.41. The molecule has 0 N–H and O–H groups in total. The number of alkyl halides is 3. The Balaban J connectivity index is 4.54. The van der Waals surface area contributed by atoms with Gasteiger partial charge in [0.1, 0.15) is 0 Å². The van der Waals surface area contributed by atoms with Gasteiger partial charge in [-0.1, -0.05) is 0 Å². The molecule has 0 saturated heterocycles. The van der Waals surface area contributed by atoms with E-state index in [-0.39, 0.29) is 0 Å². The first-order chi connectivity index (χ1) is 6.31. The molecule has 0 saturated carbocycles. The molecule has 0 atom stereocenters. The Morgan fingerprint density at radius 1 is 1.14 bits per heavy atom. The molecular weight excluding hydrogens is 392 g/mol. The zero-order chi connectivity index (χ0) is 11.4. The van der Waals surface area contributed by atoms with E-state index in [2.05, 4.69) is 0 Å².